The van der Waals surface area contributed by atoms with Gasteiger partial charge in [0.1, 0.15) is 0 Å². The highest BCUT2D eigenvalue weighted by atomic mass is 16.3. The monoisotopic (exact) mass is 225 g/mol. The quantitative estimate of drug-likeness (QED) is 0.774. The van der Waals surface area contributed by atoms with E-state index in [2.05, 4.69) is 12.2 Å². The molecule has 2 unspecified atom stereocenters. The van der Waals surface area contributed by atoms with E-state index in [0.29, 0.717) is 6.04 Å². The van der Waals surface area contributed by atoms with Crippen LogP contribution in [0.15, 0.2) is 0 Å². The third-order valence-electron chi connectivity index (χ3n) is 4.66. The van der Waals surface area contributed by atoms with Gasteiger partial charge in [-0.25, -0.2) is 0 Å². The summed E-state index contributed by atoms with van der Waals surface area (Å²) in [7, 11) is 0. The summed E-state index contributed by atoms with van der Waals surface area (Å²) < 4.78 is 0. The molecule has 2 rings (SSSR count). The van der Waals surface area contributed by atoms with E-state index in [1.165, 1.54) is 44.9 Å². The molecule has 2 fully saturated rings. The van der Waals surface area contributed by atoms with E-state index in [4.69, 9.17) is 0 Å². The lowest BCUT2D eigenvalue weighted by Gasteiger charge is -2.33. The first-order valence-corrected chi connectivity index (χ1v) is 7.19. The van der Waals surface area contributed by atoms with Gasteiger partial charge in [-0.3, -0.25) is 0 Å². The van der Waals surface area contributed by atoms with Gasteiger partial charge in [-0.05, 0) is 37.6 Å². The summed E-state index contributed by atoms with van der Waals surface area (Å²) in [6.07, 6.45) is 10.2. The Balaban J connectivity index is 1.72. The van der Waals surface area contributed by atoms with Crippen molar-refractivity contribution in [2.75, 3.05) is 6.54 Å². The molecule has 0 aromatic carbocycles. The van der Waals surface area contributed by atoms with Crippen molar-refractivity contribution in [1.82, 2.24) is 5.32 Å². The van der Waals surface area contributed by atoms with Gasteiger partial charge < -0.3 is 10.4 Å². The number of hydrogen-bond donors (Lipinski definition) is 2. The zero-order chi connectivity index (χ0) is 11.4. The van der Waals surface area contributed by atoms with E-state index in [1.807, 2.05) is 0 Å². The first kappa shape index (κ1) is 12.4. The predicted octanol–water partition coefficient (Wildman–Crippen LogP) is 2.71. The number of hydrogen-bond acceptors (Lipinski definition) is 2. The highest BCUT2D eigenvalue weighted by Gasteiger charge is 2.26. The van der Waals surface area contributed by atoms with Crippen LogP contribution in [0, 0.1) is 11.8 Å². The first-order valence-electron chi connectivity index (χ1n) is 7.19. The van der Waals surface area contributed by atoms with Crippen LogP contribution >= 0.6 is 0 Å². The lowest BCUT2D eigenvalue weighted by Crippen LogP contribution is -2.45. The molecule has 2 N–H and O–H groups in total. The van der Waals surface area contributed by atoms with Crippen molar-refractivity contribution in [2.24, 2.45) is 11.8 Å². The fourth-order valence-electron chi connectivity index (χ4n) is 3.35. The molecule has 0 heterocycles. The van der Waals surface area contributed by atoms with Gasteiger partial charge in [0, 0.05) is 6.04 Å². The van der Waals surface area contributed by atoms with Crippen molar-refractivity contribution in [3.8, 4) is 0 Å². The van der Waals surface area contributed by atoms with E-state index in [-0.39, 0.29) is 6.10 Å². The molecule has 4 atom stereocenters. The van der Waals surface area contributed by atoms with Gasteiger partial charge in [-0.15, -0.1) is 0 Å². The Hall–Kier alpha value is -0.0800. The van der Waals surface area contributed by atoms with E-state index >= 15 is 0 Å². The number of aliphatic hydroxyl groups is 1. The van der Waals surface area contributed by atoms with Crippen LogP contribution in [0.4, 0.5) is 0 Å². The zero-order valence-electron chi connectivity index (χ0n) is 10.6. The molecule has 2 heteroatoms. The molecular formula is C14H27NO. The van der Waals surface area contributed by atoms with Crippen molar-refractivity contribution in [3.05, 3.63) is 0 Å². The summed E-state index contributed by atoms with van der Waals surface area (Å²) in [6, 6.07) is 0.378. The normalized spacial score (nSPS) is 40.9. The van der Waals surface area contributed by atoms with Gasteiger partial charge in [-0.2, -0.15) is 0 Å². The minimum Gasteiger partial charge on any atom is -0.392 e. The third kappa shape index (κ3) is 3.21. The molecule has 0 amide bonds. The van der Waals surface area contributed by atoms with E-state index < -0.39 is 0 Å². The predicted molar refractivity (Wildman–Crippen MR) is 67.4 cm³/mol. The van der Waals surface area contributed by atoms with Gasteiger partial charge in [0.2, 0.25) is 0 Å². The molecule has 0 bridgehead atoms. The first-order chi connectivity index (χ1) is 7.77. The van der Waals surface area contributed by atoms with Gasteiger partial charge >= 0.3 is 0 Å². The topological polar surface area (TPSA) is 32.3 Å². The second kappa shape index (κ2) is 6.02. The molecule has 0 aliphatic heterocycles. The molecule has 94 valence electrons. The Labute approximate surface area is 99.8 Å². The minimum absolute atomic E-state index is 0.0901. The molecule has 2 aliphatic carbocycles. The smallest absolute Gasteiger partial charge is 0.0693 e. The SMILES string of the molecule is CC1CCCCC1CN[C@@H]1CCCC[C@H]1O. The van der Waals surface area contributed by atoms with Crippen LogP contribution in [0.3, 0.4) is 0 Å². The molecule has 16 heavy (non-hydrogen) atoms. The highest BCUT2D eigenvalue weighted by Crippen LogP contribution is 2.29. The van der Waals surface area contributed by atoms with Crippen molar-refractivity contribution in [1.29, 1.82) is 0 Å². The fourth-order valence-corrected chi connectivity index (χ4v) is 3.35. The van der Waals surface area contributed by atoms with Gasteiger partial charge in [0.25, 0.3) is 0 Å². The Morgan fingerprint density at radius 3 is 2.44 bits per heavy atom. The van der Waals surface area contributed by atoms with Crippen LogP contribution in [-0.2, 0) is 0 Å². The van der Waals surface area contributed by atoms with Crippen LogP contribution in [0.2, 0.25) is 0 Å². The van der Waals surface area contributed by atoms with Crippen molar-refractivity contribution in [3.63, 3.8) is 0 Å². The fraction of sp³-hybridized carbons (Fsp3) is 1.00. The summed E-state index contributed by atoms with van der Waals surface area (Å²) in [6.45, 7) is 3.52. The molecule has 2 saturated carbocycles. The second-order valence-electron chi connectivity index (χ2n) is 5.89. The number of nitrogens with one attached hydrogen (secondary N) is 1. The molecule has 0 spiro atoms. The molecule has 0 aromatic heterocycles. The van der Waals surface area contributed by atoms with Gasteiger partial charge in [0.05, 0.1) is 6.10 Å². The Kier molecular flexibility index (Phi) is 4.66. The third-order valence-corrected chi connectivity index (χ3v) is 4.66. The molecule has 2 aliphatic rings. The van der Waals surface area contributed by atoms with Crippen LogP contribution in [0.5, 0.6) is 0 Å². The summed E-state index contributed by atoms with van der Waals surface area (Å²) >= 11 is 0. The summed E-state index contributed by atoms with van der Waals surface area (Å²) in [4.78, 5) is 0. The Morgan fingerprint density at radius 2 is 1.69 bits per heavy atom. The maximum Gasteiger partial charge on any atom is 0.0693 e. The Bertz CT molecular complexity index is 185. The van der Waals surface area contributed by atoms with Crippen LogP contribution < -0.4 is 5.32 Å². The molecule has 0 saturated heterocycles. The van der Waals surface area contributed by atoms with Crippen LogP contribution in [0.1, 0.15) is 58.3 Å². The Morgan fingerprint density at radius 1 is 1.00 bits per heavy atom. The van der Waals surface area contributed by atoms with E-state index in [9.17, 15) is 5.11 Å². The second-order valence-corrected chi connectivity index (χ2v) is 5.89. The van der Waals surface area contributed by atoms with Crippen LogP contribution in [-0.4, -0.2) is 23.8 Å². The maximum absolute atomic E-state index is 9.90. The van der Waals surface area contributed by atoms with Crippen molar-refractivity contribution >= 4 is 0 Å². The maximum atomic E-state index is 9.90. The average molecular weight is 225 g/mol. The lowest BCUT2D eigenvalue weighted by atomic mass is 9.80. The summed E-state index contributed by atoms with van der Waals surface area (Å²) in [5.74, 6) is 1.73. The van der Waals surface area contributed by atoms with Gasteiger partial charge in [-0.1, -0.05) is 39.0 Å². The lowest BCUT2D eigenvalue weighted by molar-refractivity contribution is 0.0851. The largest absolute Gasteiger partial charge is 0.392 e. The van der Waals surface area contributed by atoms with Crippen molar-refractivity contribution < 1.29 is 5.11 Å². The number of aliphatic hydroxyl groups excluding tert-OH is 1. The summed E-state index contributed by atoms with van der Waals surface area (Å²) in [5, 5.41) is 13.5. The summed E-state index contributed by atoms with van der Waals surface area (Å²) in [5.41, 5.74) is 0. The van der Waals surface area contributed by atoms with Crippen LogP contribution in [0.25, 0.3) is 0 Å². The molecule has 0 aromatic rings. The number of rotatable bonds is 3. The average Bonchev–Trinajstić information content (AvgIpc) is 2.30. The standard InChI is InChI=1S/C14H27NO/c1-11-6-2-3-7-12(11)10-15-13-8-4-5-9-14(13)16/h11-16H,2-10H2,1H3/t11?,12?,13-,14-/m1/s1. The zero-order valence-corrected chi connectivity index (χ0v) is 10.6. The molecular weight excluding hydrogens is 198 g/mol. The minimum atomic E-state index is -0.0901. The van der Waals surface area contributed by atoms with Crippen molar-refractivity contribution in [2.45, 2.75) is 70.4 Å². The van der Waals surface area contributed by atoms with E-state index in [1.54, 1.807) is 0 Å². The molecule has 2 nitrogen and oxygen atoms in total. The highest BCUT2D eigenvalue weighted by molar-refractivity contribution is 4.82. The van der Waals surface area contributed by atoms with E-state index in [0.717, 1.165) is 24.8 Å². The van der Waals surface area contributed by atoms with Gasteiger partial charge in [0.15, 0.2) is 0 Å². The molecule has 0 radical (unpaired) electrons.